The van der Waals surface area contributed by atoms with Crippen LogP contribution >= 0.6 is 0 Å². The highest BCUT2D eigenvalue weighted by Crippen LogP contribution is 2.34. The van der Waals surface area contributed by atoms with Crippen molar-refractivity contribution in [1.29, 1.82) is 0 Å². The second-order valence-electron chi connectivity index (χ2n) is 7.44. The van der Waals surface area contributed by atoms with Crippen LogP contribution in [0.25, 0.3) is 10.8 Å². The first-order chi connectivity index (χ1) is 12.2. The predicted octanol–water partition coefficient (Wildman–Crippen LogP) is 3.01. The minimum Gasteiger partial charge on any atom is -0.391 e. The number of anilines is 1. The van der Waals surface area contributed by atoms with Crippen molar-refractivity contribution in [2.75, 3.05) is 18.0 Å². The van der Waals surface area contributed by atoms with Gasteiger partial charge in [0.05, 0.1) is 12.6 Å². The number of amides is 1. The van der Waals surface area contributed by atoms with Crippen molar-refractivity contribution < 1.29 is 9.90 Å². The summed E-state index contributed by atoms with van der Waals surface area (Å²) in [6.45, 7) is 0.827. The highest BCUT2D eigenvalue weighted by Gasteiger charge is 2.27. The number of fused-ring (bicyclic) bond motifs is 3. The second kappa shape index (κ2) is 7.04. The van der Waals surface area contributed by atoms with Crippen LogP contribution in [0.4, 0.5) is 5.69 Å². The molecule has 25 heavy (non-hydrogen) atoms. The SMILES string of the molecule is O=C(CN1CC(O)Cc2ccc3ccccc3c21)NC1CCCCC1. The number of benzene rings is 2. The minimum atomic E-state index is -0.420. The Kier molecular flexibility index (Phi) is 4.62. The van der Waals surface area contributed by atoms with Gasteiger partial charge in [0.25, 0.3) is 0 Å². The monoisotopic (exact) mass is 338 g/mol. The third-order valence-electron chi connectivity index (χ3n) is 5.49. The van der Waals surface area contributed by atoms with E-state index in [9.17, 15) is 9.90 Å². The van der Waals surface area contributed by atoms with Gasteiger partial charge >= 0.3 is 0 Å². The summed E-state index contributed by atoms with van der Waals surface area (Å²) < 4.78 is 0. The number of nitrogens with one attached hydrogen (secondary N) is 1. The molecule has 0 aromatic heterocycles. The van der Waals surface area contributed by atoms with E-state index in [0.29, 0.717) is 25.6 Å². The van der Waals surface area contributed by atoms with E-state index in [1.54, 1.807) is 0 Å². The van der Waals surface area contributed by atoms with Crippen molar-refractivity contribution in [3.63, 3.8) is 0 Å². The standard InChI is InChI=1S/C21H26N2O2/c24-18-12-16-11-10-15-6-4-5-9-19(15)21(16)23(13-18)14-20(25)22-17-7-2-1-3-8-17/h4-6,9-11,17-18,24H,1-3,7-8,12-14H2,(H,22,25). The van der Waals surface area contributed by atoms with E-state index in [4.69, 9.17) is 0 Å². The van der Waals surface area contributed by atoms with Gasteiger partial charge in [0.15, 0.2) is 0 Å². The quantitative estimate of drug-likeness (QED) is 0.904. The number of β-amino-alcohol motifs (C(OH)–C–C–N with tert-alkyl or cyclic N) is 1. The molecule has 1 amide bonds. The molecule has 4 heteroatoms. The van der Waals surface area contributed by atoms with Gasteiger partial charge in [-0.1, -0.05) is 55.7 Å². The summed E-state index contributed by atoms with van der Waals surface area (Å²) in [5, 5.41) is 15.8. The smallest absolute Gasteiger partial charge is 0.239 e. The fraction of sp³-hybridized carbons (Fsp3) is 0.476. The van der Waals surface area contributed by atoms with Gasteiger partial charge in [0.1, 0.15) is 0 Å². The number of aliphatic hydroxyl groups is 1. The number of rotatable bonds is 3. The molecular formula is C21H26N2O2. The van der Waals surface area contributed by atoms with E-state index in [1.165, 1.54) is 24.6 Å². The molecule has 1 atom stereocenters. The summed E-state index contributed by atoms with van der Waals surface area (Å²) in [4.78, 5) is 14.7. The summed E-state index contributed by atoms with van der Waals surface area (Å²) in [5.41, 5.74) is 2.24. The molecule has 1 saturated carbocycles. The zero-order chi connectivity index (χ0) is 17.2. The molecule has 0 saturated heterocycles. The van der Waals surface area contributed by atoms with Gasteiger partial charge < -0.3 is 15.3 Å². The third kappa shape index (κ3) is 3.49. The van der Waals surface area contributed by atoms with Gasteiger partial charge in [0, 0.05) is 30.1 Å². The maximum atomic E-state index is 12.6. The number of hydrogen-bond donors (Lipinski definition) is 2. The lowest BCUT2D eigenvalue weighted by Crippen LogP contribution is -2.47. The first kappa shape index (κ1) is 16.4. The molecule has 2 aliphatic rings. The Morgan fingerprint density at radius 3 is 2.76 bits per heavy atom. The van der Waals surface area contributed by atoms with Gasteiger partial charge in [-0.15, -0.1) is 0 Å². The maximum absolute atomic E-state index is 12.6. The molecule has 4 nitrogen and oxygen atoms in total. The molecule has 1 fully saturated rings. The Morgan fingerprint density at radius 2 is 1.92 bits per heavy atom. The number of aliphatic hydroxyl groups excluding tert-OH is 1. The summed E-state index contributed by atoms with van der Waals surface area (Å²) in [6, 6.07) is 12.8. The van der Waals surface area contributed by atoms with E-state index >= 15 is 0 Å². The Balaban J connectivity index is 1.58. The lowest BCUT2D eigenvalue weighted by Gasteiger charge is -2.35. The molecule has 4 rings (SSSR count). The van der Waals surface area contributed by atoms with Gasteiger partial charge in [0.2, 0.25) is 5.91 Å². The third-order valence-corrected chi connectivity index (χ3v) is 5.49. The van der Waals surface area contributed by atoms with Gasteiger partial charge in [-0.05, 0) is 23.8 Å². The maximum Gasteiger partial charge on any atom is 0.239 e. The van der Waals surface area contributed by atoms with Crippen LogP contribution in [0.3, 0.4) is 0 Å². The summed E-state index contributed by atoms with van der Waals surface area (Å²) in [5.74, 6) is 0.0693. The first-order valence-electron chi connectivity index (χ1n) is 9.44. The van der Waals surface area contributed by atoms with E-state index in [-0.39, 0.29) is 5.91 Å². The number of carbonyl (C=O) groups is 1. The van der Waals surface area contributed by atoms with Crippen LogP contribution in [-0.2, 0) is 11.2 Å². The fourth-order valence-corrected chi connectivity index (χ4v) is 4.34. The molecule has 1 aliphatic heterocycles. The normalized spacial score (nSPS) is 21.2. The predicted molar refractivity (Wildman–Crippen MR) is 101 cm³/mol. The van der Waals surface area contributed by atoms with E-state index < -0.39 is 6.10 Å². The van der Waals surface area contributed by atoms with Crippen LogP contribution < -0.4 is 10.2 Å². The zero-order valence-electron chi connectivity index (χ0n) is 14.6. The van der Waals surface area contributed by atoms with E-state index in [2.05, 4.69) is 34.5 Å². The van der Waals surface area contributed by atoms with E-state index in [1.807, 2.05) is 12.1 Å². The number of carbonyl (C=O) groups excluding carboxylic acids is 1. The fourth-order valence-electron chi connectivity index (χ4n) is 4.34. The minimum absolute atomic E-state index is 0.0693. The molecule has 1 aliphatic carbocycles. The molecule has 1 unspecified atom stereocenters. The Labute approximate surface area is 148 Å². The Hall–Kier alpha value is -2.07. The topological polar surface area (TPSA) is 52.6 Å². The van der Waals surface area contributed by atoms with Crippen LogP contribution in [0.15, 0.2) is 36.4 Å². The zero-order valence-corrected chi connectivity index (χ0v) is 14.6. The molecule has 2 aromatic rings. The molecule has 132 valence electrons. The van der Waals surface area contributed by atoms with Crippen molar-refractivity contribution in [2.45, 2.75) is 50.7 Å². The average Bonchev–Trinajstić information content (AvgIpc) is 2.62. The summed E-state index contributed by atoms with van der Waals surface area (Å²) in [6.07, 6.45) is 6.12. The highest BCUT2D eigenvalue weighted by atomic mass is 16.3. The number of nitrogens with zero attached hydrogens (tertiary/aromatic N) is 1. The Bertz CT molecular complexity index is 768. The second-order valence-corrected chi connectivity index (χ2v) is 7.44. The lowest BCUT2D eigenvalue weighted by atomic mass is 9.94. The molecule has 2 aromatic carbocycles. The highest BCUT2D eigenvalue weighted by molar-refractivity contribution is 5.98. The molecule has 2 N–H and O–H groups in total. The molecule has 0 spiro atoms. The number of hydrogen-bond acceptors (Lipinski definition) is 3. The first-order valence-corrected chi connectivity index (χ1v) is 9.44. The molecular weight excluding hydrogens is 312 g/mol. The van der Waals surface area contributed by atoms with Crippen LogP contribution in [-0.4, -0.2) is 36.2 Å². The Morgan fingerprint density at radius 1 is 1.12 bits per heavy atom. The van der Waals surface area contributed by atoms with Gasteiger partial charge in [-0.2, -0.15) is 0 Å². The summed E-state index contributed by atoms with van der Waals surface area (Å²) in [7, 11) is 0. The van der Waals surface area contributed by atoms with Crippen molar-refractivity contribution >= 4 is 22.4 Å². The van der Waals surface area contributed by atoms with Crippen LogP contribution in [0.1, 0.15) is 37.7 Å². The van der Waals surface area contributed by atoms with Crippen molar-refractivity contribution in [3.8, 4) is 0 Å². The van der Waals surface area contributed by atoms with Crippen LogP contribution in [0.2, 0.25) is 0 Å². The van der Waals surface area contributed by atoms with Gasteiger partial charge in [-0.25, -0.2) is 0 Å². The molecule has 0 bridgehead atoms. The van der Waals surface area contributed by atoms with Crippen molar-refractivity contribution in [2.24, 2.45) is 0 Å². The average molecular weight is 338 g/mol. The van der Waals surface area contributed by atoms with Crippen LogP contribution in [0.5, 0.6) is 0 Å². The van der Waals surface area contributed by atoms with Crippen LogP contribution in [0, 0.1) is 0 Å². The van der Waals surface area contributed by atoms with Crippen molar-refractivity contribution in [3.05, 3.63) is 42.0 Å². The van der Waals surface area contributed by atoms with Crippen molar-refractivity contribution in [1.82, 2.24) is 5.32 Å². The lowest BCUT2D eigenvalue weighted by molar-refractivity contribution is -0.120. The van der Waals surface area contributed by atoms with Gasteiger partial charge in [-0.3, -0.25) is 4.79 Å². The summed E-state index contributed by atoms with van der Waals surface area (Å²) >= 11 is 0. The largest absolute Gasteiger partial charge is 0.391 e. The molecule has 0 radical (unpaired) electrons. The van der Waals surface area contributed by atoms with E-state index in [0.717, 1.165) is 29.5 Å². The molecule has 1 heterocycles.